The summed E-state index contributed by atoms with van der Waals surface area (Å²) in [6, 6.07) is 22.3. The smallest absolute Gasteiger partial charge is 0.435 e. The number of carboxylic acid groups (broad SMARTS) is 1. The summed E-state index contributed by atoms with van der Waals surface area (Å²) in [4.78, 5) is 36.4. The molecule has 0 fully saturated rings. The third-order valence-electron chi connectivity index (χ3n) is 4.99. The Morgan fingerprint density at radius 1 is 0.886 bits per heavy atom. The van der Waals surface area contributed by atoms with Gasteiger partial charge in [-0.15, -0.1) is 0 Å². The molecule has 0 saturated heterocycles. The van der Waals surface area contributed by atoms with Crippen molar-refractivity contribution in [2.75, 3.05) is 0 Å². The molecule has 0 aliphatic carbocycles. The van der Waals surface area contributed by atoms with Gasteiger partial charge in [-0.2, -0.15) is 9.78 Å². The number of aromatic carboxylic acids is 1. The molecular formula is C25H20N4O6. The topological polar surface area (TPSA) is 144 Å². The molecule has 0 unspecified atom stereocenters. The number of amidine groups is 1. The number of hydrogen-bond donors (Lipinski definition) is 3. The molecule has 4 rings (SSSR count). The lowest BCUT2D eigenvalue weighted by Crippen LogP contribution is -2.31. The van der Waals surface area contributed by atoms with E-state index < -0.39 is 18.2 Å². The molecule has 35 heavy (non-hydrogen) atoms. The minimum absolute atomic E-state index is 0.0288. The highest BCUT2D eigenvalue weighted by Gasteiger charge is 2.22. The van der Waals surface area contributed by atoms with Crippen LogP contribution >= 0.6 is 0 Å². The normalized spacial score (nSPS) is 10.5. The number of carbonyl (C=O) groups excluding carboxylic acids is 2. The molecule has 0 aliphatic heterocycles. The van der Waals surface area contributed by atoms with Crippen LogP contribution in [-0.4, -0.2) is 38.9 Å². The van der Waals surface area contributed by atoms with E-state index in [1.165, 1.54) is 18.2 Å². The average molecular weight is 472 g/mol. The van der Waals surface area contributed by atoms with Crippen molar-refractivity contribution >= 4 is 34.9 Å². The maximum Gasteiger partial charge on any atom is 0.435 e. The van der Waals surface area contributed by atoms with Gasteiger partial charge in [0.2, 0.25) is 0 Å². The molecule has 4 aromatic rings. The van der Waals surface area contributed by atoms with Crippen LogP contribution in [0.3, 0.4) is 0 Å². The molecule has 0 aliphatic rings. The lowest BCUT2D eigenvalue weighted by molar-refractivity contribution is 0.0691. The van der Waals surface area contributed by atoms with E-state index >= 15 is 0 Å². The van der Waals surface area contributed by atoms with Crippen molar-refractivity contribution in [3.05, 3.63) is 101 Å². The van der Waals surface area contributed by atoms with Crippen LogP contribution in [0.2, 0.25) is 0 Å². The first-order valence-corrected chi connectivity index (χ1v) is 10.5. The Bertz CT molecular complexity index is 1400. The van der Waals surface area contributed by atoms with Crippen LogP contribution in [0.4, 0.5) is 9.59 Å². The van der Waals surface area contributed by atoms with Crippen LogP contribution in [0, 0.1) is 5.41 Å². The number of nitrogens with zero attached hydrogens (tertiary/aromatic N) is 2. The Hall–Kier alpha value is -4.99. The van der Waals surface area contributed by atoms with Gasteiger partial charge in [0, 0.05) is 10.9 Å². The number of ether oxygens (including phenoxy) is 2. The first kappa shape index (κ1) is 23.2. The third kappa shape index (κ3) is 5.50. The molecule has 0 saturated carbocycles. The van der Waals surface area contributed by atoms with Gasteiger partial charge in [-0.1, -0.05) is 66.7 Å². The van der Waals surface area contributed by atoms with Gasteiger partial charge in [0.05, 0.1) is 5.52 Å². The number of rotatable bonds is 6. The number of hydrogen-bond acceptors (Lipinski definition) is 7. The summed E-state index contributed by atoms with van der Waals surface area (Å²) >= 11 is 0. The maximum atomic E-state index is 12.7. The van der Waals surface area contributed by atoms with E-state index in [9.17, 15) is 19.5 Å². The molecule has 10 heteroatoms. The zero-order chi connectivity index (χ0) is 24.8. The molecule has 0 bridgehead atoms. The van der Waals surface area contributed by atoms with E-state index in [0.717, 1.165) is 15.8 Å². The molecule has 0 radical (unpaired) electrons. The van der Waals surface area contributed by atoms with Gasteiger partial charge in [-0.3, -0.25) is 10.7 Å². The van der Waals surface area contributed by atoms with E-state index in [4.69, 9.17) is 14.9 Å². The molecule has 3 N–H and O–H groups in total. The van der Waals surface area contributed by atoms with Crippen LogP contribution in [0.25, 0.3) is 10.9 Å². The SMILES string of the molecule is N=C(NC(=O)OCc1ccccc1)c1ccc2c(C(=O)O)nn(C(=O)OCc3ccccc3)c2c1. The summed E-state index contributed by atoms with van der Waals surface area (Å²) < 4.78 is 11.2. The standard InChI is InChI=1S/C25H20N4O6/c26-22(27-24(32)34-14-16-7-3-1-4-8-16)18-11-12-19-20(13-18)29(28-21(19)23(30)31)25(33)35-15-17-9-5-2-6-10-17/h1-13H,14-15H2,(H,30,31)(H2,26,27,32). The number of alkyl carbamates (subject to hydrolysis) is 1. The first-order chi connectivity index (χ1) is 16.9. The van der Waals surface area contributed by atoms with Gasteiger partial charge in [-0.05, 0) is 23.3 Å². The van der Waals surface area contributed by atoms with Gasteiger partial charge in [0.1, 0.15) is 19.0 Å². The van der Waals surface area contributed by atoms with Crippen LogP contribution in [-0.2, 0) is 22.7 Å². The molecule has 1 aromatic heterocycles. The van der Waals surface area contributed by atoms with Crippen molar-refractivity contribution in [3.63, 3.8) is 0 Å². The van der Waals surface area contributed by atoms with E-state index in [1.54, 1.807) is 36.4 Å². The van der Waals surface area contributed by atoms with Gasteiger partial charge in [0.15, 0.2) is 5.69 Å². The fourth-order valence-corrected chi connectivity index (χ4v) is 3.28. The number of benzene rings is 3. The quantitative estimate of drug-likeness (QED) is 0.282. The summed E-state index contributed by atoms with van der Waals surface area (Å²) in [6.45, 7) is -0.00522. The highest BCUT2D eigenvalue weighted by atomic mass is 16.6. The third-order valence-corrected chi connectivity index (χ3v) is 4.99. The van der Waals surface area contributed by atoms with Gasteiger partial charge >= 0.3 is 18.2 Å². The lowest BCUT2D eigenvalue weighted by Gasteiger charge is -2.09. The summed E-state index contributed by atoms with van der Waals surface area (Å²) in [7, 11) is 0. The van der Waals surface area contributed by atoms with E-state index in [2.05, 4.69) is 10.4 Å². The summed E-state index contributed by atoms with van der Waals surface area (Å²) in [5.41, 5.74) is 1.52. The molecule has 0 atom stereocenters. The van der Waals surface area contributed by atoms with E-state index in [-0.39, 0.29) is 41.2 Å². The number of carbonyl (C=O) groups is 3. The first-order valence-electron chi connectivity index (χ1n) is 10.5. The van der Waals surface area contributed by atoms with Crippen molar-refractivity contribution in [2.45, 2.75) is 13.2 Å². The van der Waals surface area contributed by atoms with Gasteiger partial charge in [-0.25, -0.2) is 14.4 Å². The van der Waals surface area contributed by atoms with Crippen LogP contribution in [0.5, 0.6) is 0 Å². The van der Waals surface area contributed by atoms with E-state index in [0.29, 0.717) is 0 Å². The minimum atomic E-state index is -1.32. The molecule has 1 heterocycles. The molecule has 1 amide bonds. The molecule has 10 nitrogen and oxygen atoms in total. The van der Waals surface area contributed by atoms with Crippen molar-refractivity contribution in [3.8, 4) is 0 Å². The Labute approximate surface area is 199 Å². The van der Waals surface area contributed by atoms with Crippen molar-refractivity contribution in [2.24, 2.45) is 0 Å². The Morgan fingerprint density at radius 2 is 1.49 bits per heavy atom. The number of fused-ring (bicyclic) bond motifs is 1. The highest BCUT2D eigenvalue weighted by Crippen LogP contribution is 2.21. The lowest BCUT2D eigenvalue weighted by atomic mass is 10.1. The molecular weight excluding hydrogens is 452 g/mol. The van der Waals surface area contributed by atoms with Gasteiger partial charge < -0.3 is 14.6 Å². The Kier molecular flexibility index (Phi) is 6.82. The minimum Gasteiger partial charge on any atom is -0.476 e. The number of carboxylic acids is 1. The van der Waals surface area contributed by atoms with Crippen LogP contribution in [0.15, 0.2) is 78.9 Å². The van der Waals surface area contributed by atoms with E-state index in [1.807, 2.05) is 24.3 Å². The van der Waals surface area contributed by atoms with Gasteiger partial charge in [0.25, 0.3) is 0 Å². The Balaban J connectivity index is 1.52. The summed E-state index contributed by atoms with van der Waals surface area (Å²) in [6.07, 6.45) is -1.72. The largest absolute Gasteiger partial charge is 0.476 e. The molecule has 0 spiro atoms. The monoisotopic (exact) mass is 472 g/mol. The number of aromatic nitrogens is 2. The molecule has 176 valence electrons. The predicted molar refractivity (Wildman–Crippen MR) is 125 cm³/mol. The fourth-order valence-electron chi connectivity index (χ4n) is 3.28. The van der Waals surface area contributed by atoms with Crippen LogP contribution in [0.1, 0.15) is 27.2 Å². The maximum absolute atomic E-state index is 12.7. The number of amides is 1. The number of nitrogens with one attached hydrogen (secondary N) is 2. The zero-order valence-electron chi connectivity index (χ0n) is 18.3. The fraction of sp³-hybridized carbons (Fsp3) is 0.0800. The predicted octanol–water partition coefficient (Wildman–Crippen LogP) is 4.17. The second-order valence-electron chi connectivity index (χ2n) is 7.40. The summed E-state index contributed by atoms with van der Waals surface area (Å²) in [5.74, 6) is -1.62. The second kappa shape index (κ2) is 10.3. The van der Waals surface area contributed by atoms with Crippen molar-refractivity contribution in [1.29, 1.82) is 5.41 Å². The average Bonchev–Trinajstić information content (AvgIpc) is 3.27. The van der Waals surface area contributed by atoms with Crippen molar-refractivity contribution < 1.29 is 29.0 Å². The Morgan fingerprint density at radius 3 is 2.09 bits per heavy atom. The molecule has 3 aromatic carbocycles. The second-order valence-corrected chi connectivity index (χ2v) is 7.40. The zero-order valence-corrected chi connectivity index (χ0v) is 18.3. The van der Waals surface area contributed by atoms with Crippen LogP contribution < -0.4 is 5.32 Å². The highest BCUT2D eigenvalue weighted by molar-refractivity contribution is 6.09. The van der Waals surface area contributed by atoms with Crippen molar-refractivity contribution in [1.82, 2.24) is 15.1 Å². The summed E-state index contributed by atoms with van der Waals surface area (Å²) in [5, 5.41) is 24.1.